The number of esters is 2. The highest BCUT2D eigenvalue weighted by atomic mass is 32.2. The minimum Gasteiger partial charge on any atom is -0.462 e. The lowest BCUT2D eigenvalue weighted by atomic mass is 10.0. The van der Waals surface area contributed by atoms with Gasteiger partial charge in [0.25, 0.3) is 0 Å². The van der Waals surface area contributed by atoms with E-state index in [1.165, 1.54) is 121 Å². The van der Waals surface area contributed by atoms with Gasteiger partial charge in [0.05, 0.1) is 6.61 Å². The quantitative estimate of drug-likeness (QED) is 0.0365. The molecule has 0 rings (SSSR count). The standard InChI is InChI=1S/C37H71O9PS/c1-3-4-5-6-7-8-9-11-15-18-21-24-27-30-37(40)46-35(33-45-47(41,42)43)32-44-36(39)29-26-23-20-17-14-12-10-13-16-19-22-25-28-31-48-34(2)38/h35H,3-33H2,1-2H3,(H2,41,42,43)/t35-/m1/s1. The van der Waals surface area contributed by atoms with Crippen LogP contribution in [0.3, 0.4) is 0 Å². The summed E-state index contributed by atoms with van der Waals surface area (Å²) in [4.78, 5) is 53.6. The van der Waals surface area contributed by atoms with E-state index in [2.05, 4.69) is 11.4 Å². The number of carbonyl (C=O) groups excluding carboxylic acids is 3. The molecule has 0 aliphatic heterocycles. The molecule has 0 aromatic heterocycles. The zero-order chi connectivity index (χ0) is 35.6. The van der Waals surface area contributed by atoms with Crippen LogP contribution in [-0.2, 0) is 32.9 Å². The molecule has 0 aliphatic carbocycles. The molecule has 0 amide bonds. The molecule has 11 heteroatoms. The number of phosphoric ester groups is 1. The highest BCUT2D eigenvalue weighted by molar-refractivity contribution is 8.13. The van der Waals surface area contributed by atoms with Crippen LogP contribution in [0.4, 0.5) is 0 Å². The minimum atomic E-state index is -4.75. The maximum atomic E-state index is 12.3. The van der Waals surface area contributed by atoms with E-state index in [0.29, 0.717) is 12.8 Å². The molecule has 0 saturated heterocycles. The number of rotatable bonds is 36. The Balaban J connectivity index is 3.88. The SMILES string of the molecule is CCCCCCCCCCCCCCCC(=O)O[C@H](COC(=O)CCCCCCCCCCCCCCCSC(C)=O)COP(=O)(O)O. The highest BCUT2D eigenvalue weighted by Gasteiger charge is 2.22. The van der Waals surface area contributed by atoms with Gasteiger partial charge in [0, 0.05) is 25.5 Å². The molecular weight excluding hydrogens is 651 g/mol. The summed E-state index contributed by atoms with van der Waals surface area (Å²) in [6.07, 6.45) is 30.1. The number of ether oxygens (including phenoxy) is 2. The fraction of sp³-hybridized carbons (Fsp3) is 0.919. The fourth-order valence-electron chi connectivity index (χ4n) is 5.62. The Morgan fingerprint density at radius 1 is 0.562 bits per heavy atom. The molecule has 0 radical (unpaired) electrons. The van der Waals surface area contributed by atoms with Gasteiger partial charge in [0.2, 0.25) is 0 Å². The first kappa shape index (κ1) is 47.1. The summed E-state index contributed by atoms with van der Waals surface area (Å²) in [6, 6.07) is 0. The van der Waals surface area contributed by atoms with Gasteiger partial charge in [0.15, 0.2) is 11.2 Å². The van der Waals surface area contributed by atoms with Gasteiger partial charge >= 0.3 is 19.8 Å². The predicted molar refractivity (Wildman–Crippen MR) is 197 cm³/mol. The van der Waals surface area contributed by atoms with E-state index in [4.69, 9.17) is 19.3 Å². The van der Waals surface area contributed by atoms with Gasteiger partial charge in [-0.3, -0.25) is 18.9 Å². The van der Waals surface area contributed by atoms with Gasteiger partial charge in [0.1, 0.15) is 6.61 Å². The van der Waals surface area contributed by atoms with Crippen LogP contribution in [0.5, 0.6) is 0 Å². The van der Waals surface area contributed by atoms with Crippen molar-refractivity contribution in [3.63, 3.8) is 0 Å². The molecule has 0 aromatic rings. The Morgan fingerprint density at radius 3 is 1.33 bits per heavy atom. The van der Waals surface area contributed by atoms with Crippen molar-refractivity contribution in [2.45, 2.75) is 200 Å². The van der Waals surface area contributed by atoms with Gasteiger partial charge in [-0.25, -0.2) is 4.57 Å². The molecule has 0 heterocycles. The van der Waals surface area contributed by atoms with E-state index in [0.717, 1.165) is 50.7 Å². The molecule has 1 atom stereocenters. The van der Waals surface area contributed by atoms with Crippen LogP contribution in [-0.4, -0.2) is 51.9 Å². The topological polar surface area (TPSA) is 136 Å². The molecule has 0 spiro atoms. The van der Waals surface area contributed by atoms with E-state index in [-0.39, 0.29) is 24.6 Å². The summed E-state index contributed by atoms with van der Waals surface area (Å²) in [5.41, 5.74) is 0. The summed E-state index contributed by atoms with van der Waals surface area (Å²) in [7, 11) is -4.75. The summed E-state index contributed by atoms with van der Waals surface area (Å²) in [5.74, 6) is 0.0526. The number of unbranched alkanes of at least 4 members (excludes halogenated alkanes) is 24. The van der Waals surface area contributed by atoms with Crippen molar-refractivity contribution in [1.82, 2.24) is 0 Å². The normalized spacial score (nSPS) is 12.2. The molecule has 0 bridgehead atoms. The molecule has 9 nitrogen and oxygen atoms in total. The monoisotopic (exact) mass is 722 g/mol. The molecule has 48 heavy (non-hydrogen) atoms. The van der Waals surface area contributed by atoms with Crippen LogP contribution in [0.1, 0.15) is 194 Å². The lowest BCUT2D eigenvalue weighted by Gasteiger charge is -2.18. The third-order valence-electron chi connectivity index (χ3n) is 8.47. The molecule has 284 valence electrons. The van der Waals surface area contributed by atoms with Crippen molar-refractivity contribution in [1.29, 1.82) is 0 Å². The first-order valence-electron chi connectivity index (χ1n) is 19.3. The summed E-state index contributed by atoms with van der Waals surface area (Å²) in [6.45, 7) is 3.04. The number of phosphoric acid groups is 1. The first-order chi connectivity index (χ1) is 23.1. The lowest BCUT2D eigenvalue weighted by Crippen LogP contribution is -2.29. The predicted octanol–water partition coefficient (Wildman–Crippen LogP) is 10.8. The average molecular weight is 723 g/mol. The van der Waals surface area contributed by atoms with Crippen molar-refractivity contribution < 1.29 is 42.7 Å². The third-order valence-corrected chi connectivity index (χ3v) is 9.86. The summed E-state index contributed by atoms with van der Waals surface area (Å²) >= 11 is 1.43. The number of hydrogen-bond donors (Lipinski definition) is 2. The van der Waals surface area contributed by atoms with Crippen LogP contribution in [0.2, 0.25) is 0 Å². The van der Waals surface area contributed by atoms with Gasteiger partial charge in [-0.15, -0.1) is 0 Å². The largest absolute Gasteiger partial charge is 0.469 e. The Hall–Kier alpha value is -0.930. The third kappa shape index (κ3) is 37.9. The Morgan fingerprint density at radius 2 is 0.938 bits per heavy atom. The zero-order valence-corrected chi connectivity index (χ0v) is 32.3. The minimum absolute atomic E-state index is 0.210. The van der Waals surface area contributed by atoms with Gasteiger partial charge in [-0.2, -0.15) is 0 Å². The Kier molecular flexibility index (Phi) is 33.8. The molecular formula is C37H71O9PS. The van der Waals surface area contributed by atoms with E-state index in [1.54, 1.807) is 6.92 Å². The van der Waals surface area contributed by atoms with Gasteiger partial charge in [-0.05, 0) is 19.3 Å². The second-order valence-corrected chi connectivity index (χ2v) is 15.8. The Labute approximate surface area is 297 Å². The van der Waals surface area contributed by atoms with E-state index < -0.39 is 32.5 Å². The lowest BCUT2D eigenvalue weighted by molar-refractivity contribution is -0.161. The number of thioether (sulfide) groups is 1. The van der Waals surface area contributed by atoms with Gasteiger partial charge in [-0.1, -0.05) is 166 Å². The van der Waals surface area contributed by atoms with Crippen molar-refractivity contribution in [2.24, 2.45) is 0 Å². The molecule has 0 aromatic carbocycles. The van der Waals surface area contributed by atoms with Crippen molar-refractivity contribution >= 4 is 36.6 Å². The van der Waals surface area contributed by atoms with Crippen LogP contribution in [0.25, 0.3) is 0 Å². The van der Waals surface area contributed by atoms with Crippen molar-refractivity contribution in [2.75, 3.05) is 19.0 Å². The summed E-state index contributed by atoms with van der Waals surface area (Å²) < 4.78 is 26.3. The zero-order valence-electron chi connectivity index (χ0n) is 30.6. The number of carbonyl (C=O) groups is 3. The van der Waals surface area contributed by atoms with E-state index in [9.17, 15) is 18.9 Å². The fourth-order valence-corrected chi connectivity index (χ4v) is 6.61. The highest BCUT2D eigenvalue weighted by Crippen LogP contribution is 2.36. The molecule has 0 unspecified atom stereocenters. The first-order valence-corrected chi connectivity index (χ1v) is 21.8. The average Bonchev–Trinajstić information content (AvgIpc) is 3.03. The maximum Gasteiger partial charge on any atom is 0.469 e. The van der Waals surface area contributed by atoms with Crippen LogP contribution < -0.4 is 0 Å². The summed E-state index contributed by atoms with van der Waals surface area (Å²) in [5, 5.41) is 0.211. The van der Waals surface area contributed by atoms with Crippen molar-refractivity contribution in [3.8, 4) is 0 Å². The van der Waals surface area contributed by atoms with Crippen molar-refractivity contribution in [3.05, 3.63) is 0 Å². The number of hydrogen-bond acceptors (Lipinski definition) is 8. The van der Waals surface area contributed by atoms with Crippen LogP contribution in [0.15, 0.2) is 0 Å². The van der Waals surface area contributed by atoms with Gasteiger partial charge < -0.3 is 19.3 Å². The smallest absolute Gasteiger partial charge is 0.462 e. The van der Waals surface area contributed by atoms with Crippen LogP contribution in [0, 0.1) is 0 Å². The second-order valence-electron chi connectivity index (χ2n) is 13.3. The van der Waals surface area contributed by atoms with Crippen LogP contribution >= 0.6 is 19.6 Å². The maximum absolute atomic E-state index is 12.3. The molecule has 0 saturated carbocycles. The van der Waals surface area contributed by atoms with E-state index >= 15 is 0 Å². The molecule has 2 N–H and O–H groups in total. The Bertz CT molecular complexity index is 821. The molecule has 0 aliphatic rings. The second kappa shape index (κ2) is 34.5. The van der Waals surface area contributed by atoms with E-state index in [1.807, 2.05) is 0 Å². The molecule has 0 fully saturated rings.